The van der Waals surface area contributed by atoms with E-state index in [1.54, 1.807) is 7.11 Å². The molecule has 4 nitrogen and oxygen atoms in total. The lowest BCUT2D eigenvalue weighted by Crippen LogP contribution is -2.30. The summed E-state index contributed by atoms with van der Waals surface area (Å²) < 4.78 is 8.19. The summed E-state index contributed by atoms with van der Waals surface area (Å²) in [6.45, 7) is 3.17. The van der Waals surface area contributed by atoms with Crippen molar-refractivity contribution in [2.45, 2.75) is 51.2 Å². The summed E-state index contributed by atoms with van der Waals surface area (Å²) in [5, 5.41) is 7.25. The predicted octanol–water partition coefficient (Wildman–Crippen LogP) is 2.63. The highest BCUT2D eigenvalue weighted by atomic mass is 32.1. The zero-order valence-electron chi connectivity index (χ0n) is 9.90. The van der Waals surface area contributed by atoms with Gasteiger partial charge in [-0.2, -0.15) is 5.10 Å². The fraction of sp³-hybridized carbons (Fsp3) is 0.818. The monoisotopic (exact) mass is 241 g/mol. The molecule has 0 bridgehead atoms. The molecule has 90 valence electrons. The van der Waals surface area contributed by atoms with E-state index in [0.29, 0.717) is 12.0 Å². The number of nitrogens with one attached hydrogen (secondary N) is 1. The average molecular weight is 241 g/mol. The van der Waals surface area contributed by atoms with E-state index in [2.05, 4.69) is 21.7 Å². The molecule has 0 amide bonds. The Labute approximate surface area is 101 Å². The average Bonchev–Trinajstić information content (AvgIpc) is 2.56. The predicted molar refractivity (Wildman–Crippen MR) is 65.1 cm³/mol. The molecule has 1 heterocycles. The molecule has 1 aliphatic carbocycles. The first-order valence-corrected chi connectivity index (χ1v) is 6.35. The minimum Gasteiger partial charge on any atom is -0.381 e. The molecule has 0 aromatic carbocycles. The van der Waals surface area contributed by atoms with Gasteiger partial charge in [-0.05, 0) is 31.5 Å². The fourth-order valence-electron chi connectivity index (χ4n) is 2.14. The third kappa shape index (κ3) is 2.20. The molecule has 2 rings (SSSR count). The van der Waals surface area contributed by atoms with Gasteiger partial charge in [0.2, 0.25) is 0 Å². The number of hydrogen-bond donors (Lipinski definition) is 1. The van der Waals surface area contributed by atoms with E-state index >= 15 is 0 Å². The molecule has 5 heteroatoms. The molecule has 0 saturated heterocycles. The van der Waals surface area contributed by atoms with Crippen LogP contribution in [0.15, 0.2) is 0 Å². The van der Waals surface area contributed by atoms with Crippen LogP contribution in [0.4, 0.5) is 0 Å². The highest BCUT2D eigenvalue weighted by molar-refractivity contribution is 7.71. The van der Waals surface area contributed by atoms with Gasteiger partial charge in [-0.25, -0.2) is 0 Å². The largest absolute Gasteiger partial charge is 0.381 e. The highest BCUT2D eigenvalue weighted by Crippen LogP contribution is 2.37. The molecule has 0 radical (unpaired) electrons. The normalized spacial score (nSPS) is 24.4. The first-order chi connectivity index (χ1) is 7.76. The lowest BCUT2D eigenvalue weighted by Gasteiger charge is -2.33. The van der Waals surface area contributed by atoms with Crippen LogP contribution in [0, 0.1) is 4.77 Å². The molecule has 0 aliphatic heterocycles. The zero-order valence-corrected chi connectivity index (χ0v) is 10.7. The first-order valence-electron chi connectivity index (χ1n) is 5.94. The summed E-state index contributed by atoms with van der Waals surface area (Å²) in [5.74, 6) is 1.64. The van der Waals surface area contributed by atoms with Crippen molar-refractivity contribution in [2.75, 3.05) is 7.11 Å². The molecule has 1 N–H and O–H groups in total. The Balaban J connectivity index is 2.07. The van der Waals surface area contributed by atoms with Crippen molar-refractivity contribution >= 4 is 12.2 Å². The smallest absolute Gasteiger partial charge is 0.195 e. The molecule has 16 heavy (non-hydrogen) atoms. The molecule has 1 saturated carbocycles. The lowest BCUT2D eigenvalue weighted by atomic mass is 9.81. The molecule has 0 unspecified atom stereocenters. The molecule has 0 atom stereocenters. The summed E-state index contributed by atoms with van der Waals surface area (Å²) in [4.78, 5) is 0. The van der Waals surface area contributed by atoms with E-state index in [9.17, 15) is 0 Å². The zero-order chi connectivity index (χ0) is 11.5. The number of H-pyrrole nitrogens is 1. The van der Waals surface area contributed by atoms with Crippen molar-refractivity contribution in [3.8, 4) is 0 Å². The maximum atomic E-state index is 5.29. The summed E-state index contributed by atoms with van der Waals surface area (Å²) >= 11 is 5.25. The molecule has 1 aliphatic rings. The van der Waals surface area contributed by atoms with E-state index < -0.39 is 0 Å². The number of unbranched alkanes of at least 4 members (excludes halogenated alkanes) is 1. The topological polar surface area (TPSA) is 42.8 Å². The first kappa shape index (κ1) is 11.8. The van der Waals surface area contributed by atoms with E-state index in [1.165, 1.54) is 6.42 Å². The molecular weight excluding hydrogens is 222 g/mol. The molecule has 1 aromatic heterocycles. The number of rotatable bonds is 5. The molecule has 1 aromatic rings. The Bertz CT molecular complexity index is 392. The third-order valence-electron chi connectivity index (χ3n) is 3.32. The van der Waals surface area contributed by atoms with Crippen LogP contribution in [0.2, 0.25) is 0 Å². The maximum Gasteiger partial charge on any atom is 0.195 e. The summed E-state index contributed by atoms with van der Waals surface area (Å²) in [7, 11) is 1.77. The molecule has 0 spiro atoms. The summed E-state index contributed by atoms with van der Waals surface area (Å²) in [6, 6.07) is 0. The number of aromatic nitrogens is 3. The third-order valence-corrected chi connectivity index (χ3v) is 3.63. The van der Waals surface area contributed by atoms with Crippen LogP contribution < -0.4 is 0 Å². The standard InChI is InChI=1S/C11H19N3OS/c1-3-4-5-14-10(12-13-11(14)16)8-6-9(7-8)15-2/h8-9H,3-7H2,1-2H3,(H,13,16). The van der Waals surface area contributed by atoms with Crippen molar-refractivity contribution in [1.29, 1.82) is 0 Å². The van der Waals surface area contributed by atoms with Gasteiger partial charge in [-0.1, -0.05) is 13.3 Å². The number of aromatic amines is 1. The van der Waals surface area contributed by atoms with E-state index in [0.717, 1.165) is 36.4 Å². The lowest BCUT2D eigenvalue weighted by molar-refractivity contribution is 0.0226. The van der Waals surface area contributed by atoms with Gasteiger partial charge in [0.05, 0.1) is 6.10 Å². The van der Waals surface area contributed by atoms with Gasteiger partial charge in [0.15, 0.2) is 4.77 Å². The van der Waals surface area contributed by atoms with Crippen LogP contribution in [0.3, 0.4) is 0 Å². The minimum atomic E-state index is 0.412. The van der Waals surface area contributed by atoms with Gasteiger partial charge in [-0.15, -0.1) is 0 Å². The van der Waals surface area contributed by atoms with Crippen molar-refractivity contribution in [1.82, 2.24) is 14.8 Å². The van der Waals surface area contributed by atoms with E-state index in [-0.39, 0.29) is 0 Å². The number of methoxy groups -OCH3 is 1. The van der Waals surface area contributed by atoms with Crippen molar-refractivity contribution < 1.29 is 4.74 Å². The Morgan fingerprint density at radius 2 is 2.31 bits per heavy atom. The van der Waals surface area contributed by atoms with Crippen LogP contribution in [0.25, 0.3) is 0 Å². The number of ether oxygens (including phenoxy) is 1. The second-order valence-corrected chi connectivity index (χ2v) is 4.80. The van der Waals surface area contributed by atoms with Gasteiger partial charge in [0, 0.05) is 19.6 Å². The Morgan fingerprint density at radius 1 is 1.56 bits per heavy atom. The van der Waals surface area contributed by atoms with Gasteiger partial charge in [0.25, 0.3) is 0 Å². The Morgan fingerprint density at radius 3 is 2.94 bits per heavy atom. The van der Waals surface area contributed by atoms with Crippen molar-refractivity contribution in [2.24, 2.45) is 0 Å². The Kier molecular flexibility index (Phi) is 3.76. The van der Waals surface area contributed by atoms with Crippen molar-refractivity contribution in [3.63, 3.8) is 0 Å². The van der Waals surface area contributed by atoms with Crippen LogP contribution in [0.1, 0.15) is 44.3 Å². The second-order valence-electron chi connectivity index (χ2n) is 4.42. The van der Waals surface area contributed by atoms with Gasteiger partial charge >= 0.3 is 0 Å². The number of hydrogen-bond acceptors (Lipinski definition) is 3. The highest BCUT2D eigenvalue weighted by Gasteiger charge is 2.33. The van der Waals surface area contributed by atoms with Gasteiger partial charge < -0.3 is 9.30 Å². The van der Waals surface area contributed by atoms with Crippen LogP contribution >= 0.6 is 12.2 Å². The minimum absolute atomic E-state index is 0.412. The maximum absolute atomic E-state index is 5.29. The number of nitrogens with zero attached hydrogens (tertiary/aromatic N) is 2. The molecule has 1 fully saturated rings. The summed E-state index contributed by atoms with van der Waals surface area (Å²) in [6.07, 6.45) is 4.89. The van der Waals surface area contributed by atoms with Gasteiger partial charge in [0.1, 0.15) is 5.82 Å². The van der Waals surface area contributed by atoms with E-state index in [4.69, 9.17) is 17.0 Å². The van der Waals surface area contributed by atoms with Crippen LogP contribution in [-0.4, -0.2) is 28.0 Å². The fourth-order valence-corrected chi connectivity index (χ4v) is 2.37. The second kappa shape index (κ2) is 5.10. The van der Waals surface area contributed by atoms with E-state index in [1.807, 2.05) is 0 Å². The molecular formula is C11H19N3OS. The van der Waals surface area contributed by atoms with Crippen LogP contribution in [0.5, 0.6) is 0 Å². The summed E-state index contributed by atoms with van der Waals surface area (Å²) in [5.41, 5.74) is 0. The SMILES string of the molecule is CCCCn1c(C2CC(OC)C2)n[nH]c1=S. The van der Waals surface area contributed by atoms with Crippen molar-refractivity contribution in [3.05, 3.63) is 10.6 Å². The van der Waals surface area contributed by atoms with Crippen LogP contribution in [-0.2, 0) is 11.3 Å². The van der Waals surface area contributed by atoms with Gasteiger partial charge in [-0.3, -0.25) is 5.10 Å². The quantitative estimate of drug-likeness (QED) is 0.806. The Hall–Kier alpha value is -0.680.